The number of imidazole rings is 1. The minimum absolute atomic E-state index is 0.250. The van der Waals surface area contributed by atoms with Crippen LogP contribution in [0.25, 0.3) is 55.8 Å². The van der Waals surface area contributed by atoms with Gasteiger partial charge in [-0.15, -0.1) is 0 Å². The van der Waals surface area contributed by atoms with Gasteiger partial charge in [0.2, 0.25) is 0 Å². The number of hydrogen-bond donors (Lipinski definition) is 3. The fourth-order valence-corrected chi connectivity index (χ4v) is 4.89. The number of aromatic amines is 2. The van der Waals surface area contributed by atoms with Crippen molar-refractivity contribution in [2.24, 2.45) is 0 Å². The molecule has 0 aliphatic heterocycles. The number of H-pyrrole nitrogens is 2. The summed E-state index contributed by atoms with van der Waals surface area (Å²) in [5.41, 5.74) is 7.77. The predicted molar refractivity (Wildman–Crippen MR) is 152 cm³/mol. The maximum atomic E-state index is 15.3. The monoisotopic (exact) mass is 526 g/mol. The lowest BCUT2D eigenvalue weighted by Crippen LogP contribution is -2.12. The molecule has 7 aromatic rings. The molecule has 40 heavy (non-hydrogen) atoms. The summed E-state index contributed by atoms with van der Waals surface area (Å²) >= 11 is 0. The largest absolute Gasteiger partial charge is 0.337 e. The Balaban J connectivity index is 1.23. The van der Waals surface area contributed by atoms with Gasteiger partial charge in [0.1, 0.15) is 16.7 Å². The lowest BCUT2D eigenvalue weighted by atomic mass is 10.0. The molecule has 0 aliphatic carbocycles. The van der Waals surface area contributed by atoms with E-state index in [0.717, 1.165) is 34.4 Å². The summed E-state index contributed by atoms with van der Waals surface area (Å²) in [6, 6.07) is 21.3. The minimum Gasteiger partial charge on any atom is -0.337 e. The number of nitrogens with zero attached hydrogens (tertiary/aromatic N) is 5. The Labute approximate surface area is 228 Å². The molecule has 0 saturated heterocycles. The van der Waals surface area contributed by atoms with Gasteiger partial charge in [-0.25, -0.2) is 9.37 Å². The highest BCUT2D eigenvalue weighted by Crippen LogP contribution is 2.33. The van der Waals surface area contributed by atoms with E-state index >= 15 is 4.39 Å². The zero-order valence-electron chi connectivity index (χ0n) is 21.3. The molecule has 0 unspecified atom stereocenters. The third kappa shape index (κ3) is 4.48. The van der Waals surface area contributed by atoms with Crippen molar-refractivity contribution < 1.29 is 4.39 Å². The molecule has 0 fully saturated rings. The molecule has 0 radical (unpaired) electrons. The number of aromatic nitrogens is 7. The molecule has 9 heteroatoms. The fourth-order valence-electron chi connectivity index (χ4n) is 4.89. The van der Waals surface area contributed by atoms with Crippen LogP contribution in [0.2, 0.25) is 0 Å². The Bertz CT molecular complexity index is 1950. The third-order valence-corrected chi connectivity index (χ3v) is 6.83. The molecule has 0 amide bonds. The predicted octanol–water partition coefficient (Wildman–Crippen LogP) is 6.05. The smallest absolute Gasteiger partial charge is 0.157 e. The molecule has 5 aromatic heterocycles. The first-order chi connectivity index (χ1) is 19.7. The van der Waals surface area contributed by atoms with Gasteiger partial charge < -0.3 is 10.3 Å². The molecular weight excluding hydrogens is 503 g/mol. The van der Waals surface area contributed by atoms with E-state index in [1.807, 2.05) is 54.7 Å². The molecule has 0 atom stereocenters. The van der Waals surface area contributed by atoms with Gasteiger partial charge in [-0.1, -0.05) is 30.3 Å². The average molecular weight is 527 g/mol. The van der Waals surface area contributed by atoms with Crippen LogP contribution < -0.4 is 5.32 Å². The van der Waals surface area contributed by atoms with Gasteiger partial charge in [-0.3, -0.25) is 20.1 Å². The van der Waals surface area contributed by atoms with Crippen molar-refractivity contribution in [1.82, 2.24) is 40.4 Å². The first-order valence-electron chi connectivity index (χ1n) is 12.8. The van der Waals surface area contributed by atoms with Gasteiger partial charge in [0.05, 0.1) is 11.2 Å². The number of fused-ring (bicyclic) bond motifs is 2. The summed E-state index contributed by atoms with van der Waals surface area (Å²) in [6.45, 7) is 1.39. The zero-order valence-corrected chi connectivity index (χ0v) is 21.3. The van der Waals surface area contributed by atoms with Crippen LogP contribution >= 0.6 is 0 Å². The molecule has 8 nitrogen and oxygen atoms in total. The Kier molecular flexibility index (Phi) is 6.02. The number of hydrogen-bond acceptors (Lipinski definition) is 6. The second-order valence-electron chi connectivity index (χ2n) is 9.50. The molecule has 0 aliphatic rings. The van der Waals surface area contributed by atoms with Crippen molar-refractivity contribution in [2.45, 2.75) is 13.1 Å². The van der Waals surface area contributed by atoms with Crippen LogP contribution in [0.5, 0.6) is 0 Å². The van der Waals surface area contributed by atoms with Gasteiger partial charge in [0.25, 0.3) is 0 Å². The van der Waals surface area contributed by atoms with E-state index < -0.39 is 5.82 Å². The highest BCUT2D eigenvalue weighted by molar-refractivity contribution is 5.97. The van der Waals surface area contributed by atoms with Gasteiger partial charge in [-0.2, -0.15) is 5.10 Å². The number of rotatable bonds is 7. The summed E-state index contributed by atoms with van der Waals surface area (Å²) in [7, 11) is 0. The summed E-state index contributed by atoms with van der Waals surface area (Å²) in [5, 5.41) is 11.3. The molecule has 2 aromatic carbocycles. The van der Waals surface area contributed by atoms with Gasteiger partial charge in [0.15, 0.2) is 11.6 Å². The SMILES string of the molecule is Fc1cc(-c2cncc(CNCc3ccccc3)c2)cc2c(-c3nc4c(-c5ccncc5)nccc4[nH]3)[nH]nc12. The van der Waals surface area contributed by atoms with Crippen molar-refractivity contribution >= 4 is 21.9 Å². The quantitative estimate of drug-likeness (QED) is 0.233. The van der Waals surface area contributed by atoms with Crippen LogP contribution in [0.1, 0.15) is 11.1 Å². The Morgan fingerprint density at radius 2 is 1.60 bits per heavy atom. The standard InChI is InChI=1S/C31H23FN8/c32-25-14-22(23-12-20(17-35-18-23)16-34-15-19-4-2-1-3-5-19)13-24-28(25)39-40-29(24)31-37-26-8-11-36-27(30(26)38-31)21-6-9-33-10-7-21/h1-14,17-18,34H,15-16H2,(H,37,38)(H,39,40). The van der Waals surface area contributed by atoms with Crippen LogP contribution in [0.15, 0.2) is 97.7 Å². The Morgan fingerprint density at radius 3 is 2.48 bits per heavy atom. The second-order valence-corrected chi connectivity index (χ2v) is 9.50. The number of pyridine rings is 3. The molecule has 7 rings (SSSR count). The second kappa shape index (κ2) is 10.1. The summed E-state index contributed by atoms with van der Waals surface area (Å²) in [4.78, 5) is 21.2. The normalized spacial score (nSPS) is 11.4. The number of nitrogens with one attached hydrogen (secondary N) is 3. The van der Waals surface area contributed by atoms with E-state index in [1.165, 1.54) is 11.6 Å². The van der Waals surface area contributed by atoms with E-state index in [4.69, 9.17) is 4.98 Å². The molecule has 5 heterocycles. The van der Waals surface area contributed by atoms with E-state index in [-0.39, 0.29) is 5.52 Å². The summed E-state index contributed by atoms with van der Waals surface area (Å²) in [6.07, 6.45) is 8.74. The number of benzene rings is 2. The van der Waals surface area contributed by atoms with Gasteiger partial charge in [0, 0.05) is 60.6 Å². The molecular formula is C31H23FN8. The van der Waals surface area contributed by atoms with E-state index in [9.17, 15) is 0 Å². The lowest BCUT2D eigenvalue weighted by Gasteiger charge is -2.08. The van der Waals surface area contributed by atoms with Gasteiger partial charge in [-0.05, 0) is 53.1 Å². The highest BCUT2D eigenvalue weighted by Gasteiger charge is 2.18. The maximum Gasteiger partial charge on any atom is 0.157 e. The third-order valence-electron chi connectivity index (χ3n) is 6.83. The fraction of sp³-hybridized carbons (Fsp3) is 0.0645. The van der Waals surface area contributed by atoms with Crippen LogP contribution in [-0.2, 0) is 13.1 Å². The Hall–Kier alpha value is -5.28. The minimum atomic E-state index is -0.419. The summed E-state index contributed by atoms with van der Waals surface area (Å²) < 4.78 is 15.3. The summed E-state index contributed by atoms with van der Waals surface area (Å²) in [5.74, 6) is 0.132. The van der Waals surface area contributed by atoms with E-state index in [2.05, 4.69) is 47.6 Å². The van der Waals surface area contributed by atoms with Crippen molar-refractivity contribution in [2.75, 3.05) is 0 Å². The van der Waals surface area contributed by atoms with Crippen LogP contribution in [0.3, 0.4) is 0 Å². The lowest BCUT2D eigenvalue weighted by molar-refractivity contribution is 0.636. The van der Waals surface area contributed by atoms with Crippen molar-refractivity contribution in [3.05, 3.63) is 115 Å². The maximum absolute atomic E-state index is 15.3. The van der Waals surface area contributed by atoms with Crippen LogP contribution in [-0.4, -0.2) is 35.1 Å². The molecule has 194 valence electrons. The first-order valence-corrected chi connectivity index (χ1v) is 12.8. The molecule has 3 N–H and O–H groups in total. The number of halogens is 1. The zero-order chi connectivity index (χ0) is 26.9. The van der Waals surface area contributed by atoms with Crippen LogP contribution in [0.4, 0.5) is 4.39 Å². The van der Waals surface area contributed by atoms with Crippen molar-refractivity contribution in [3.8, 4) is 33.9 Å². The molecule has 0 bridgehead atoms. The van der Waals surface area contributed by atoms with Crippen LogP contribution in [0, 0.1) is 5.82 Å². The van der Waals surface area contributed by atoms with E-state index in [0.29, 0.717) is 34.5 Å². The van der Waals surface area contributed by atoms with Gasteiger partial charge >= 0.3 is 0 Å². The first kappa shape index (κ1) is 23.8. The van der Waals surface area contributed by atoms with Crippen molar-refractivity contribution in [3.63, 3.8) is 0 Å². The van der Waals surface area contributed by atoms with E-state index in [1.54, 1.807) is 24.8 Å². The van der Waals surface area contributed by atoms with Crippen molar-refractivity contribution in [1.29, 1.82) is 0 Å². The topological polar surface area (TPSA) is 108 Å². The average Bonchev–Trinajstić information content (AvgIpc) is 3.63. The highest BCUT2D eigenvalue weighted by atomic mass is 19.1. The Morgan fingerprint density at radius 1 is 0.750 bits per heavy atom. The molecule has 0 saturated carbocycles. The molecule has 0 spiro atoms.